The van der Waals surface area contributed by atoms with Gasteiger partial charge in [-0.05, 0) is 13.0 Å². The van der Waals surface area contributed by atoms with Gasteiger partial charge < -0.3 is 10.5 Å². The van der Waals surface area contributed by atoms with Crippen LogP contribution in [0.4, 0.5) is 0 Å². The van der Waals surface area contributed by atoms with E-state index in [9.17, 15) is 9.59 Å². The molecular weight excluding hydrogens is 226 g/mol. The van der Waals surface area contributed by atoms with E-state index >= 15 is 0 Å². The van der Waals surface area contributed by atoms with E-state index < -0.39 is 17.1 Å². The minimum Gasteiger partial charge on any atom is -0.463 e. The van der Waals surface area contributed by atoms with Crippen LogP contribution in [0.5, 0.6) is 0 Å². The maximum absolute atomic E-state index is 11.7. The summed E-state index contributed by atoms with van der Waals surface area (Å²) in [6.45, 7) is 2.01. The van der Waals surface area contributed by atoms with Gasteiger partial charge in [0.1, 0.15) is 5.25 Å². The number of esters is 1. The van der Waals surface area contributed by atoms with Crippen LogP contribution in [0.1, 0.15) is 6.92 Å². The number of fused-ring (bicyclic) bond motifs is 1. The van der Waals surface area contributed by atoms with E-state index in [1.54, 1.807) is 13.0 Å². The van der Waals surface area contributed by atoms with Gasteiger partial charge in [-0.3, -0.25) is 4.79 Å². The second-order valence-electron chi connectivity index (χ2n) is 3.34. The molecule has 0 radical (unpaired) electrons. The number of carbonyl (C=O) groups is 2. The average molecular weight is 237 g/mol. The van der Waals surface area contributed by atoms with Gasteiger partial charge in [0, 0.05) is 10.5 Å². The lowest BCUT2D eigenvalue weighted by Gasteiger charge is -2.09. The Kier molecular flexibility index (Phi) is 2.87. The van der Waals surface area contributed by atoms with Crippen LogP contribution in [0.2, 0.25) is 0 Å². The van der Waals surface area contributed by atoms with E-state index in [-0.39, 0.29) is 6.61 Å². The first-order valence-corrected chi connectivity index (χ1v) is 5.79. The number of carbonyl (C=O) groups excluding carboxylic acids is 2. The lowest BCUT2D eigenvalue weighted by molar-refractivity contribution is -0.139. The molecule has 0 spiro atoms. The van der Waals surface area contributed by atoms with Crippen LogP contribution < -0.4 is 5.73 Å². The van der Waals surface area contributed by atoms with Crippen LogP contribution in [-0.2, 0) is 14.3 Å². The smallest absolute Gasteiger partial charge is 0.336 e. The fourth-order valence-corrected chi connectivity index (χ4v) is 2.86. The molecule has 0 aromatic rings. The number of hydrogen-bond donors (Lipinski definition) is 1. The van der Waals surface area contributed by atoms with Crippen molar-refractivity contribution in [2.24, 2.45) is 5.73 Å². The lowest BCUT2D eigenvalue weighted by atomic mass is 10.1. The number of allylic oxidation sites excluding steroid dienone is 4. The summed E-state index contributed by atoms with van der Waals surface area (Å²) < 4.78 is 4.94. The van der Waals surface area contributed by atoms with Gasteiger partial charge >= 0.3 is 5.97 Å². The number of ether oxygens (including phenoxy) is 1. The molecule has 0 saturated carbocycles. The van der Waals surface area contributed by atoms with E-state index in [0.717, 1.165) is 10.5 Å². The Balaban J connectivity index is 2.39. The van der Waals surface area contributed by atoms with Crippen LogP contribution >= 0.6 is 11.8 Å². The summed E-state index contributed by atoms with van der Waals surface area (Å²) in [6.07, 6.45) is 5.51. The number of hydrogen-bond acceptors (Lipinski definition) is 4. The summed E-state index contributed by atoms with van der Waals surface area (Å²) in [4.78, 5) is 23.9. The fourth-order valence-electron chi connectivity index (χ4n) is 1.68. The monoisotopic (exact) mass is 237 g/mol. The van der Waals surface area contributed by atoms with Gasteiger partial charge in [-0.1, -0.05) is 12.2 Å². The van der Waals surface area contributed by atoms with Gasteiger partial charge in [0.15, 0.2) is 0 Å². The van der Waals surface area contributed by atoms with E-state index in [1.807, 2.05) is 12.2 Å². The van der Waals surface area contributed by atoms with Crippen molar-refractivity contribution in [3.63, 3.8) is 0 Å². The predicted molar refractivity (Wildman–Crippen MR) is 61.5 cm³/mol. The topological polar surface area (TPSA) is 69.4 Å². The SMILES string of the molecule is CCOC(=O)C1=C2C=CC=C2SC1C(N)=O. The first kappa shape index (κ1) is 11.0. The Labute approximate surface area is 97.2 Å². The third kappa shape index (κ3) is 1.67. The second kappa shape index (κ2) is 4.17. The minimum atomic E-state index is -0.620. The molecule has 0 fully saturated rings. The number of primary amides is 1. The Bertz CT molecular complexity index is 448. The molecule has 5 heteroatoms. The third-order valence-electron chi connectivity index (χ3n) is 2.33. The molecular formula is C11H11NO3S. The van der Waals surface area contributed by atoms with E-state index in [0.29, 0.717) is 5.57 Å². The van der Waals surface area contributed by atoms with Crippen LogP contribution in [0.3, 0.4) is 0 Å². The molecule has 2 rings (SSSR count). The zero-order valence-electron chi connectivity index (χ0n) is 8.73. The number of thioether (sulfide) groups is 1. The van der Waals surface area contributed by atoms with Gasteiger partial charge in [0.05, 0.1) is 12.2 Å². The molecule has 1 atom stereocenters. The van der Waals surface area contributed by atoms with Gasteiger partial charge in [0.25, 0.3) is 0 Å². The van der Waals surface area contributed by atoms with Gasteiger partial charge in [-0.25, -0.2) is 4.79 Å². The fraction of sp³-hybridized carbons (Fsp3) is 0.273. The predicted octanol–water partition coefficient (Wildman–Crippen LogP) is 0.900. The second-order valence-corrected chi connectivity index (χ2v) is 4.49. The van der Waals surface area contributed by atoms with Crippen LogP contribution in [0.15, 0.2) is 34.3 Å². The molecule has 4 nitrogen and oxygen atoms in total. The normalized spacial score (nSPS) is 22.1. The van der Waals surface area contributed by atoms with Crippen LogP contribution in [0.25, 0.3) is 0 Å². The van der Waals surface area contributed by atoms with Gasteiger partial charge in [-0.2, -0.15) is 0 Å². The highest BCUT2D eigenvalue weighted by molar-refractivity contribution is 8.05. The summed E-state index contributed by atoms with van der Waals surface area (Å²) >= 11 is 1.30. The number of rotatable bonds is 3. The summed E-state index contributed by atoms with van der Waals surface area (Å²) in [5.41, 5.74) is 6.42. The van der Waals surface area contributed by atoms with Crippen molar-refractivity contribution in [2.45, 2.75) is 12.2 Å². The Hall–Kier alpha value is -1.49. The third-order valence-corrected chi connectivity index (χ3v) is 3.64. The summed E-state index contributed by atoms with van der Waals surface area (Å²) in [7, 11) is 0. The quantitative estimate of drug-likeness (QED) is 0.740. The number of nitrogens with two attached hydrogens (primary N) is 1. The summed E-state index contributed by atoms with van der Waals surface area (Å²) in [5.74, 6) is -0.965. The van der Waals surface area contributed by atoms with E-state index in [4.69, 9.17) is 10.5 Å². The molecule has 1 unspecified atom stereocenters. The highest BCUT2D eigenvalue weighted by Gasteiger charge is 2.38. The molecule has 0 aromatic heterocycles. The van der Waals surface area contributed by atoms with Crippen molar-refractivity contribution in [2.75, 3.05) is 6.61 Å². The molecule has 2 N–H and O–H groups in total. The first-order valence-electron chi connectivity index (χ1n) is 4.91. The average Bonchev–Trinajstić information content (AvgIpc) is 2.75. The minimum absolute atomic E-state index is 0.286. The lowest BCUT2D eigenvalue weighted by Crippen LogP contribution is -2.29. The van der Waals surface area contributed by atoms with Gasteiger partial charge in [0.2, 0.25) is 5.91 Å². The highest BCUT2D eigenvalue weighted by Crippen LogP contribution is 2.45. The Morgan fingerprint density at radius 1 is 1.56 bits per heavy atom. The van der Waals surface area contributed by atoms with Crippen molar-refractivity contribution < 1.29 is 14.3 Å². The molecule has 1 heterocycles. The molecule has 1 amide bonds. The maximum Gasteiger partial charge on any atom is 0.336 e. The first-order chi connectivity index (χ1) is 7.65. The van der Waals surface area contributed by atoms with Crippen molar-refractivity contribution in [3.8, 4) is 0 Å². The largest absolute Gasteiger partial charge is 0.463 e. The van der Waals surface area contributed by atoms with Crippen molar-refractivity contribution >= 4 is 23.6 Å². The molecule has 0 bridgehead atoms. The molecule has 16 heavy (non-hydrogen) atoms. The van der Waals surface area contributed by atoms with Gasteiger partial charge in [-0.15, -0.1) is 11.8 Å². The van der Waals surface area contributed by atoms with E-state index in [1.165, 1.54) is 11.8 Å². The van der Waals surface area contributed by atoms with Crippen molar-refractivity contribution in [1.29, 1.82) is 0 Å². The van der Waals surface area contributed by atoms with Crippen LogP contribution in [-0.4, -0.2) is 23.7 Å². The highest BCUT2D eigenvalue weighted by atomic mass is 32.2. The molecule has 1 aliphatic heterocycles. The standard InChI is InChI=1S/C11H11NO3S/c1-2-15-11(14)8-6-4-3-5-7(6)16-9(8)10(12)13/h3-5,9H,2H2,1H3,(H2,12,13). The molecule has 84 valence electrons. The number of amides is 1. The summed E-state index contributed by atoms with van der Waals surface area (Å²) in [5, 5.41) is -0.620. The Morgan fingerprint density at radius 2 is 2.31 bits per heavy atom. The van der Waals surface area contributed by atoms with Crippen LogP contribution in [0, 0.1) is 0 Å². The molecule has 0 aromatic carbocycles. The van der Waals surface area contributed by atoms with Crippen molar-refractivity contribution in [3.05, 3.63) is 34.3 Å². The molecule has 1 aliphatic carbocycles. The van der Waals surface area contributed by atoms with E-state index in [2.05, 4.69) is 0 Å². The molecule has 2 aliphatic rings. The maximum atomic E-state index is 11.7. The Morgan fingerprint density at radius 3 is 2.94 bits per heavy atom. The van der Waals surface area contributed by atoms with Crippen molar-refractivity contribution in [1.82, 2.24) is 0 Å². The molecule has 0 saturated heterocycles. The zero-order valence-corrected chi connectivity index (χ0v) is 9.54. The zero-order chi connectivity index (χ0) is 11.7. The summed E-state index contributed by atoms with van der Waals surface area (Å²) in [6, 6.07) is 0.